The Morgan fingerprint density at radius 3 is 2.35 bits per heavy atom. The predicted octanol–water partition coefficient (Wildman–Crippen LogP) is 6.00. The van der Waals surface area contributed by atoms with Crippen LogP contribution in [0, 0.1) is 5.82 Å². The van der Waals surface area contributed by atoms with Gasteiger partial charge in [0.25, 0.3) is 5.56 Å². The number of amides is 2. The van der Waals surface area contributed by atoms with Gasteiger partial charge in [-0.3, -0.25) is 19.0 Å². The minimum atomic E-state index is -4.88. The molecule has 5 rings (SSSR count). The van der Waals surface area contributed by atoms with Gasteiger partial charge in [-0.25, -0.2) is 9.37 Å². The first kappa shape index (κ1) is 40.4. The molecule has 290 valence electrons. The Morgan fingerprint density at radius 1 is 1.02 bits per heavy atom. The third-order valence-corrected chi connectivity index (χ3v) is 9.69. The molecule has 0 bridgehead atoms. The zero-order valence-corrected chi connectivity index (χ0v) is 31.2. The van der Waals surface area contributed by atoms with Crippen molar-refractivity contribution in [3.8, 4) is 11.4 Å². The Kier molecular flexibility index (Phi) is 13.5. The summed E-state index contributed by atoms with van der Waals surface area (Å²) in [6.45, 7) is 6.40. The highest BCUT2D eigenvalue weighted by Crippen LogP contribution is 2.33. The van der Waals surface area contributed by atoms with Crippen LogP contribution in [0.15, 0.2) is 71.5 Å². The standard InChI is InChI=1S/C40H48F4N6O4/c1-5-54-31-14-12-30(13-15-31)50-38(46-35-10-7-6-9-32(35)39(50)53)36(17-20-45-29-18-23-48(24-19-29)27(2)51)49(22-8-21-47(3)4)37(52)26-28-11-16-33(34(41)25-28)40(42,43)44/h6-7,9-16,25,29,36,45H,5,8,17-24,26H2,1-4H3. The quantitative estimate of drug-likeness (QED) is 0.149. The first-order valence-corrected chi connectivity index (χ1v) is 18.3. The number of fused-ring (bicyclic) bond motifs is 1. The molecule has 2 amide bonds. The molecule has 54 heavy (non-hydrogen) atoms. The summed E-state index contributed by atoms with van der Waals surface area (Å²) in [6.07, 6.45) is -2.89. The number of hydrogen-bond donors (Lipinski definition) is 1. The van der Waals surface area contributed by atoms with Crippen molar-refractivity contribution in [2.24, 2.45) is 0 Å². The van der Waals surface area contributed by atoms with Crippen LogP contribution in [0.2, 0.25) is 0 Å². The van der Waals surface area contributed by atoms with Gasteiger partial charge in [0.2, 0.25) is 11.8 Å². The Hall–Kier alpha value is -4.82. The second-order valence-electron chi connectivity index (χ2n) is 13.8. The van der Waals surface area contributed by atoms with E-state index in [-0.39, 0.29) is 36.0 Å². The number of alkyl halides is 3. The van der Waals surface area contributed by atoms with Crippen LogP contribution in [-0.2, 0) is 22.2 Å². The summed E-state index contributed by atoms with van der Waals surface area (Å²) >= 11 is 0. The minimum Gasteiger partial charge on any atom is -0.494 e. The number of halogens is 4. The Balaban J connectivity index is 1.59. The van der Waals surface area contributed by atoms with Crippen molar-refractivity contribution >= 4 is 22.7 Å². The van der Waals surface area contributed by atoms with E-state index >= 15 is 0 Å². The molecule has 3 aromatic carbocycles. The average Bonchev–Trinajstić information content (AvgIpc) is 3.12. The summed E-state index contributed by atoms with van der Waals surface area (Å²) in [6, 6.07) is 15.9. The molecule has 10 nitrogen and oxygen atoms in total. The van der Waals surface area contributed by atoms with Gasteiger partial charge in [-0.1, -0.05) is 18.2 Å². The highest BCUT2D eigenvalue weighted by atomic mass is 19.4. The number of hydrogen-bond acceptors (Lipinski definition) is 7. The lowest BCUT2D eigenvalue weighted by atomic mass is 10.0. The van der Waals surface area contributed by atoms with E-state index in [0.29, 0.717) is 79.9 Å². The van der Waals surface area contributed by atoms with Crippen molar-refractivity contribution in [1.29, 1.82) is 0 Å². The summed E-state index contributed by atoms with van der Waals surface area (Å²) in [5.74, 6) is -0.946. The highest BCUT2D eigenvalue weighted by Gasteiger charge is 2.35. The molecule has 2 heterocycles. The second-order valence-corrected chi connectivity index (χ2v) is 13.8. The Morgan fingerprint density at radius 2 is 1.72 bits per heavy atom. The maximum atomic E-state index is 14.7. The predicted molar refractivity (Wildman–Crippen MR) is 199 cm³/mol. The summed E-state index contributed by atoms with van der Waals surface area (Å²) < 4.78 is 62.0. The lowest BCUT2D eigenvalue weighted by Gasteiger charge is -2.35. The fourth-order valence-corrected chi connectivity index (χ4v) is 6.91. The van der Waals surface area contributed by atoms with E-state index in [9.17, 15) is 31.9 Å². The normalized spacial score (nSPS) is 14.4. The smallest absolute Gasteiger partial charge is 0.419 e. The zero-order valence-electron chi connectivity index (χ0n) is 31.2. The van der Waals surface area contributed by atoms with Crippen LogP contribution in [-0.4, -0.2) is 95.5 Å². The molecule has 1 aliphatic rings. The number of carbonyl (C=O) groups is 2. The molecule has 1 N–H and O–H groups in total. The molecule has 1 unspecified atom stereocenters. The largest absolute Gasteiger partial charge is 0.494 e. The van der Waals surface area contributed by atoms with Crippen LogP contribution in [0.5, 0.6) is 5.75 Å². The highest BCUT2D eigenvalue weighted by molar-refractivity contribution is 5.80. The zero-order chi connectivity index (χ0) is 39.0. The SMILES string of the molecule is CCOc1ccc(-n2c(C(CCNC3CCN(C(C)=O)CC3)N(CCCN(C)C)C(=O)Cc3ccc(C(F)(F)F)c(F)c3)nc3ccccc3c2=O)cc1. The summed E-state index contributed by atoms with van der Waals surface area (Å²) in [5.41, 5.74) is -0.691. The lowest BCUT2D eigenvalue weighted by molar-refractivity contribution is -0.140. The van der Waals surface area contributed by atoms with Crippen LogP contribution in [0.1, 0.15) is 62.5 Å². The number of aromatic nitrogens is 2. The molecule has 1 aliphatic heterocycles. The molecule has 1 atom stereocenters. The van der Waals surface area contributed by atoms with E-state index in [1.807, 2.05) is 30.8 Å². The van der Waals surface area contributed by atoms with Crippen molar-refractivity contribution in [2.45, 2.75) is 64.2 Å². The van der Waals surface area contributed by atoms with Crippen molar-refractivity contribution in [3.63, 3.8) is 0 Å². The number of nitrogens with zero attached hydrogens (tertiary/aromatic N) is 5. The van der Waals surface area contributed by atoms with Crippen LogP contribution in [0.3, 0.4) is 0 Å². The summed E-state index contributed by atoms with van der Waals surface area (Å²) in [4.78, 5) is 51.2. The molecule has 1 aromatic heterocycles. The van der Waals surface area contributed by atoms with Gasteiger partial charge in [0.1, 0.15) is 17.4 Å². The number of para-hydroxylation sites is 1. The van der Waals surface area contributed by atoms with Crippen molar-refractivity contribution < 1.29 is 31.9 Å². The van der Waals surface area contributed by atoms with Crippen molar-refractivity contribution in [2.75, 3.05) is 53.4 Å². The van der Waals surface area contributed by atoms with Gasteiger partial charge >= 0.3 is 6.18 Å². The topological polar surface area (TPSA) is 100 Å². The fourth-order valence-electron chi connectivity index (χ4n) is 6.91. The number of likely N-dealkylation sites (tertiary alicyclic amines) is 1. The number of nitrogens with one attached hydrogen (secondary N) is 1. The van der Waals surface area contributed by atoms with Gasteiger partial charge in [-0.15, -0.1) is 0 Å². The fraction of sp³-hybridized carbons (Fsp3) is 0.450. The maximum absolute atomic E-state index is 14.7. The minimum absolute atomic E-state index is 0.0305. The van der Waals surface area contributed by atoms with E-state index in [1.54, 1.807) is 60.4 Å². The van der Waals surface area contributed by atoms with Gasteiger partial charge in [-0.05, 0) is 114 Å². The van der Waals surface area contributed by atoms with Gasteiger partial charge in [0.05, 0.1) is 41.2 Å². The van der Waals surface area contributed by atoms with Crippen molar-refractivity contribution in [1.82, 2.24) is 29.6 Å². The average molecular weight is 753 g/mol. The molecule has 0 saturated carbocycles. The first-order chi connectivity index (χ1) is 25.8. The Labute approximate surface area is 312 Å². The molecule has 1 saturated heterocycles. The van der Waals surface area contributed by atoms with E-state index in [0.717, 1.165) is 25.0 Å². The van der Waals surface area contributed by atoms with Gasteiger partial charge in [0, 0.05) is 32.6 Å². The number of carbonyl (C=O) groups excluding carboxylic acids is 2. The van der Waals surface area contributed by atoms with Crippen molar-refractivity contribution in [3.05, 3.63) is 99.9 Å². The molecule has 4 aromatic rings. The van der Waals surface area contributed by atoms with E-state index in [1.165, 1.54) is 4.57 Å². The number of rotatable bonds is 15. The third-order valence-electron chi connectivity index (χ3n) is 9.69. The molecule has 0 radical (unpaired) electrons. The van der Waals surface area contributed by atoms with Crippen LogP contribution < -0.4 is 15.6 Å². The molecule has 0 spiro atoms. The lowest BCUT2D eigenvalue weighted by Crippen LogP contribution is -2.45. The molecular formula is C40H48F4N6O4. The van der Waals surface area contributed by atoms with Crippen LogP contribution in [0.25, 0.3) is 16.6 Å². The van der Waals surface area contributed by atoms with Gasteiger partial charge in [0.15, 0.2) is 0 Å². The first-order valence-electron chi connectivity index (χ1n) is 18.3. The Bertz CT molecular complexity index is 1960. The van der Waals surface area contributed by atoms with Gasteiger partial charge in [-0.2, -0.15) is 13.2 Å². The summed E-state index contributed by atoms with van der Waals surface area (Å²) in [5, 5.41) is 3.97. The molecule has 14 heteroatoms. The van der Waals surface area contributed by atoms with Crippen LogP contribution >= 0.6 is 0 Å². The van der Waals surface area contributed by atoms with E-state index in [2.05, 4.69) is 5.32 Å². The number of piperidine rings is 1. The van der Waals surface area contributed by atoms with Gasteiger partial charge < -0.3 is 24.8 Å². The molecule has 1 fully saturated rings. The molecular weight excluding hydrogens is 704 g/mol. The monoisotopic (exact) mass is 752 g/mol. The number of ether oxygens (including phenoxy) is 1. The van der Waals surface area contributed by atoms with Crippen LogP contribution in [0.4, 0.5) is 17.6 Å². The maximum Gasteiger partial charge on any atom is 0.419 e. The molecule has 0 aliphatic carbocycles. The second kappa shape index (κ2) is 18.0. The van der Waals surface area contributed by atoms with E-state index in [4.69, 9.17) is 9.72 Å². The number of benzene rings is 3. The summed E-state index contributed by atoms with van der Waals surface area (Å²) in [7, 11) is 3.81. The van der Waals surface area contributed by atoms with E-state index < -0.39 is 29.5 Å². The third kappa shape index (κ3) is 10.0.